The number of nitrogens with zero attached hydrogens (tertiary/aromatic N) is 3. The lowest BCUT2D eigenvalue weighted by Gasteiger charge is -2.42. The fourth-order valence-electron chi connectivity index (χ4n) is 4.71. The van der Waals surface area contributed by atoms with Crippen LogP contribution in [0.25, 0.3) is 0 Å². The zero-order valence-corrected chi connectivity index (χ0v) is 15.8. The molecule has 4 rings (SSSR count). The summed E-state index contributed by atoms with van der Waals surface area (Å²) in [7, 11) is 0. The number of fused-ring (bicyclic) bond motifs is 4. The molecule has 8 heteroatoms. The minimum Gasteiger partial charge on any atom is -0.338 e. The Morgan fingerprint density at radius 2 is 2.07 bits per heavy atom. The van der Waals surface area contributed by atoms with Gasteiger partial charge in [-0.05, 0) is 24.5 Å². The molecular formula is C20H26N4O4. The smallest absolute Gasteiger partial charge is 0.250 e. The van der Waals surface area contributed by atoms with Crippen LogP contribution < -0.4 is 11.0 Å². The van der Waals surface area contributed by atoms with Gasteiger partial charge in [0, 0.05) is 62.5 Å². The highest BCUT2D eigenvalue weighted by Gasteiger charge is 2.35. The van der Waals surface area contributed by atoms with Gasteiger partial charge in [0.15, 0.2) is 5.78 Å². The molecule has 0 aliphatic carbocycles. The maximum atomic E-state index is 12.5. The topological polar surface area (TPSA) is 94.9 Å². The second-order valence-electron chi connectivity index (χ2n) is 8.04. The van der Waals surface area contributed by atoms with Crippen LogP contribution in [0, 0.1) is 5.92 Å². The van der Waals surface area contributed by atoms with Crippen LogP contribution in [0.15, 0.2) is 34.8 Å². The summed E-state index contributed by atoms with van der Waals surface area (Å²) < 4.78 is 1.88. The number of ketones is 1. The number of nitrogens with one attached hydrogen (secondary N) is 1. The van der Waals surface area contributed by atoms with E-state index in [2.05, 4.69) is 10.4 Å². The van der Waals surface area contributed by atoms with Crippen LogP contribution in [0.5, 0.6) is 0 Å². The molecule has 0 aromatic carbocycles. The minimum atomic E-state index is -0.160. The molecule has 0 spiro atoms. The van der Waals surface area contributed by atoms with Gasteiger partial charge in [-0.1, -0.05) is 6.07 Å². The van der Waals surface area contributed by atoms with Crippen molar-refractivity contribution in [2.45, 2.75) is 31.7 Å². The third-order valence-electron chi connectivity index (χ3n) is 6.01. The van der Waals surface area contributed by atoms with Gasteiger partial charge in [-0.15, -0.1) is 0 Å². The summed E-state index contributed by atoms with van der Waals surface area (Å²) in [6.45, 7) is 3.44. The van der Waals surface area contributed by atoms with Crippen LogP contribution in [0.3, 0.4) is 0 Å². The summed E-state index contributed by atoms with van der Waals surface area (Å²) in [4.78, 5) is 40.8. The van der Waals surface area contributed by atoms with Gasteiger partial charge >= 0.3 is 0 Å². The number of hydroxylamine groups is 1. The number of Topliss-reactive ketones (excluding diaryl/α,β-unsaturated/α-hetero) is 1. The standard InChI is InChI=1S/C20H26N4O4/c25-17(9-20(27)23-6-4-16(21-28)5-7-23)13-22-10-14-8-15(12-22)18-2-1-3-19(26)24(18)11-14/h1-4,14-15,21,28H,5-13H2/t14-,15+/m0/s1. The maximum absolute atomic E-state index is 12.5. The summed E-state index contributed by atoms with van der Waals surface area (Å²) >= 11 is 0. The van der Waals surface area contributed by atoms with Crippen LogP contribution in [-0.4, -0.2) is 64.0 Å². The molecule has 150 valence electrons. The third-order valence-corrected chi connectivity index (χ3v) is 6.01. The molecule has 1 fully saturated rings. The Kier molecular flexibility index (Phi) is 5.32. The number of rotatable bonds is 5. The Balaban J connectivity index is 1.33. The highest BCUT2D eigenvalue weighted by Crippen LogP contribution is 2.34. The first kappa shape index (κ1) is 18.9. The first-order valence-electron chi connectivity index (χ1n) is 9.84. The van der Waals surface area contributed by atoms with Crippen molar-refractivity contribution in [3.05, 3.63) is 46.0 Å². The van der Waals surface area contributed by atoms with E-state index in [0.717, 1.165) is 25.2 Å². The van der Waals surface area contributed by atoms with Gasteiger partial charge in [-0.3, -0.25) is 30.0 Å². The maximum Gasteiger partial charge on any atom is 0.250 e. The van der Waals surface area contributed by atoms with Gasteiger partial charge in [0.25, 0.3) is 5.56 Å². The fourth-order valence-corrected chi connectivity index (χ4v) is 4.71. The second kappa shape index (κ2) is 7.89. The van der Waals surface area contributed by atoms with E-state index in [9.17, 15) is 14.4 Å². The molecular weight excluding hydrogens is 360 g/mol. The molecule has 3 aliphatic heterocycles. The zero-order valence-electron chi connectivity index (χ0n) is 15.8. The lowest BCUT2D eigenvalue weighted by Crippen LogP contribution is -2.48. The van der Waals surface area contributed by atoms with E-state index in [1.807, 2.05) is 16.7 Å². The monoisotopic (exact) mass is 386 g/mol. The number of likely N-dealkylation sites (tertiary alicyclic amines) is 1. The van der Waals surface area contributed by atoms with Gasteiger partial charge < -0.3 is 9.47 Å². The van der Waals surface area contributed by atoms with Gasteiger partial charge in [-0.25, -0.2) is 0 Å². The fraction of sp³-hybridized carbons (Fsp3) is 0.550. The van der Waals surface area contributed by atoms with E-state index in [1.54, 1.807) is 17.0 Å². The van der Waals surface area contributed by atoms with E-state index in [1.165, 1.54) is 0 Å². The minimum absolute atomic E-state index is 0.0532. The highest BCUT2D eigenvalue weighted by molar-refractivity contribution is 5.99. The van der Waals surface area contributed by atoms with E-state index in [0.29, 0.717) is 37.7 Å². The molecule has 1 aromatic heterocycles. The molecule has 2 bridgehead atoms. The predicted molar refractivity (Wildman–Crippen MR) is 102 cm³/mol. The van der Waals surface area contributed by atoms with E-state index in [-0.39, 0.29) is 36.1 Å². The average molecular weight is 386 g/mol. The Morgan fingerprint density at radius 3 is 2.82 bits per heavy atom. The van der Waals surface area contributed by atoms with Gasteiger partial charge in [0.1, 0.15) is 0 Å². The molecule has 0 unspecified atom stereocenters. The summed E-state index contributed by atoms with van der Waals surface area (Å²) in [6.07, 6.45) is 3.29. The molecule has 28 heavy (non-hydrogen) atoms. The molecule has 0 saturated carbocycles. The molecule has 8 nitrogen and oxygen atoms in total. The largest absolute Gasteiger partial charge is 0.338 e. The van der Waals surface area contributed by atoms with Crippen molar-refractivity contribution in [2.24, 2.45) is 5.92 Å². The summed E-state index contributed by atoms with van der Waals surface area (Å²) in [6, 6.07) is 5.42. The Morgan fingerprint density at radius 1 is 1.21 bits per heavy atom. The lowest BCUT2D eigenvalue weighted by molar-refractivity contribution is -0.135. The number of amides is 1. The van der Waals surface area contributed by atoms with Crippen LogP contribution in [-0.2, 0) is 16.1 Å². The SMILES string of the molecule is O=C(CC(=O)N1CC=C(NO)CC1)CN1C[C@@H]2C[C@H](C1)c1cccc(=O)n1C2. The number of pyridine rings is 1. The molecule has 2 N–H and O–H groups in total. The third kappa shape index (κ3) is 3.88. The van der Waals surface area contributed by atoms with Gasteiger partial charge in [-0.2, -0.15) is 0 Å². The van der Waals surface area contributed by atoms with Crippen LogP contribution in [0.1, 0.15) is 30.9 Å². The molecule has 2 atom stereocenters. The summed E-state index contributed by atoms with van der Waals surface area (Å²) in [5.74, 6) is 0.408. The first-order valence-corrected chi connectivity index (χ1v) is 9.84. The Hall–Kier alpha value is -2.45. The van der Waals surface area contributed by atoms with Crippen molar-refractivity contribution < 1.29 is 14.8 Å². The van der Waals surface area contributed by atoms with E-state index in [4.69, 9.17) is 5.21 Å². The van der Waals surface area contributed by atoms with E-state index >= 15 is 0 Å². The molecule has 1 amide bonds. The molecule has 4 heterocycles. The number of carbonyl (C=O) groups excluding carboxylic acids is 2. The van der Waals surface area contributed by atoms with E-state index < -0.39 is 0 Å². The quantitative estimate of drug-likeness (QED) is 0.559. The number of hydrogen-bond acceptors (Lipinski definition) is 6. The molecule has 1 saturated heterocycles. The van der Waals surface area contributed by atoms with Crippen molar-refractivity contribution >= 4 is 11.7 Å². The average Bonchev–Trinajstić information content (AvgIpc) is 2.68. The lowest BCUT2D eigenvalue weighted by atomic mass is 9.83. The number of piperidine rings is 1. The van der Waals surface area contributed by atoms with Crippen molar-refractivity contribution in [3.63, 3.8) is 0 Å². The highest BCUT2D eigenvalue weighted by atomic mass is 16.5. The normalized spacial score (nSPS) is 24.3. The zero-order chi connectivity index (χ0) is 19.7. The van der Waals surface area contributed by atoms with Crippen molar-refractivity contribution in [1.29, 1.82) is 0 Å². The van der Waals surface area contributed by atoms with Crippen molar-refractivity contribution in [2.75, 3.05) is 32.7 Å². The molecule has 0 radical (unpaired) electrons. The number of aromatic nitrogens is 1. The number of carbonyl (C=O) groups is 2. The first-order chi connectivity index (χ1) is 13.5. The van der Waals surface area contributed by atoms with Crippen LogP contribution >= 0.6 is 0 Å². The Labute approximate surface area is 163 Å². The molecule has 3 aliphatic rings. The summed E-state index contributed by atoms with van der Waals surface area (Å²) in [5.41, 5.74) is 3.93. The summed E-state index contributed by atoms with van der Waals surface area (Å²) in [5, 5.41) is 8.89. The van der Waals surface area contributed by atoms with Gasteiger partial charge in [0.2, 0.25) is 5.91 Å². The van der Waals surface area contributed by atoms with Crippen LogP contribution in [0.4, 0.5) is 0 Å². The predicted octanol–water partition coefficient (Wildman–Crippen LogP) is 0.322. The molecule has 1 aromatic rings. The number of hydrogen-bond donors (Lipinski definition) is 2. The second-order valence-corrected chi connectivity index (χ2v) is 8.04. The van der Waals surface area contributed by atoms with Crippen LogP contribution in [0.2, 0.25) is 0 Å². The van der Waals surface area contributed by atoms with Crippen molar-refractivity contribution in [3.8, 4) is 0 Å². The van der Waals surface area contributed by atoms with Crippen molar-refractivity contribution in [1.82, 2.24) is 19.8 Å². The van der Waals surface area contributed by atoms with Gasteiger partial charge in [0.05, 0.1) is 13.0 Å². The Bertz CT molecular complexity index is 862.